The lowest BCUT2D eigenvalue weighted by Gasteiger charge is -2.03. The molecular weight excluding hydrogens is 168 g/mol. The summed E-state index contributed by atoms with van der Waals surface area (Å²) in [5.74, 6) is 2.14. The second-order valence-electron chi connectivity index (χ2n) is 2.39. The Morgan fingerprint density at radius 2 is 2.38 bits per heavy atom. The van der Waals surface area contributed by atoms with Crippen molar-refractivity contribution in [2.45, 2.75) is 6.92 Å². The first kappa shape index (κ1) is 11.9. The molecule has 74 valence electrons. The van der Waals surface area contributed by atoms with E-state index in [1.165, 1.54) is 0 Å². The molecule has 0 bridgehead atoms. The van der Waals surface area contributed by atoms with Crippen LogP contribution >= 0.6 is 0 Å². The summed E-state index contributed by atoms with van der Waals surface area (Å²) in [5.41, 5.74) is 0. The molecule has 4 heteroatoms. The van der Waals surface area contributed by atoms with E-state index in [1.807, 2.05) is 6.92 Å². The van der Waals surface area contributed by atoms with Crippen LogP contribution in [0.15, 0.2) is 0 Å². The number of rotatable bonds is 7. The minimum Gasteiger partial charge on any atom is -0.370 e. The number of ether oxygens (including phenoxy) is 1. The monoisotopic (exact) mass is 184 g/mol. The maximum absolute atomic E-state index is 10.9. The molecule has 0 aliphatic carbocycles. The van der Waals surface area contributed by atoms with Gasteiger partial charge in [-0.2, -0.15) is 0 Å². The molecule has 0 saturated carbocycles. The van der Waals surface area contributed by atoms with Crippen molar-refractivity contribution in [1.29, 1.82) is 0 Å². The Morgan fingerprint density at radius 3 is 3.00 bits per heavy atom. The van der Waals surface area contributed by atoms with Gasteiger partial charge in [-0.15, -0.1) is 6.42 Å². The molecule has 0 aromatic carbocycles. The average Bonchev–Trinajstić information content (AvgIpc) is 2.14. The number of carbonyl (C=O) groups is 1. The van der Waals surface area contributed by atoms with Crippen LogP contribution in [0, 0.1) is 12.3 Å². The third-order valence-corrected chi connectivity index (χ3v) is 1.29. The molecule has 0 atom stereocenters. The molecule has 0 aliphatic heterocycles. The fourth-order valence-corrected chi connectivity index (χ4v) is 0.687. The van der Waals surface area contributed by atoms with Crippen molar-refractivity contribution >= 4 is 5.91 Å². The molecule has 0 unspecified atom stereocenters. The van der Waals surface area contributed by atoms with Crippen molar-refractivity contribution < 1.29 is 9.53 Å². The predicted octanol–water partition coefficient (Wildman–Crippen LogP) is -0.638. The molecule has 13 heavy (non-hydrogen) atoms. The molecule has 0 fully saturated rings. The van der Waals surface area contributed by atoms with E-state index in [2.05, 4.69) is 16.6 Å². The number of likely N-dealkylation sites (N-methyl/N-ethyl adjacent to an activating group) is 1. The largest absolute Gasteiger partial charge is 0.370 e. The van der Waals surface area contributed by atoms with Gasteiger partial charge in [0.15, 0.2) is 0 Å². The smallest absolute Gasteiger partial charge is 0.246 e. The van der Waals surface area contributed by atoms with Crippen molar-refractivity contribution in [2.75, 3.05) is 32.8 Å². The van der Waals surface area contributed by atoms with Gasteiger partial charge in [0.1, 0.15) is 6.61 Å². The molecular formula is C9H16N2O2. The summed E-state index contributed by atoms with van der Waals surface area (Å²) < 4.78 is 5.05. The van der Waals surface area contributed by atoms with Crippen LogP contribution in [0.25, 0.3) is 0 Å². The first-order chi connectivity index (χ1) is 6.31. The minimum absolute atomic E-state index is 0.0765. The number of hydrogen-bond acceptors (Lipinski definition) is 3. The van der Waals surface area contributed by atoms with Crippen LogP contribution in [0.4, 0.5) is 0 Å². The summed E-state index contributed by atoms with van der Waals surface area (Å²) in [6, 6.07) is 0. The first-order valence-corrected chi connectivity index (χ1v) is 4.30. The molecule has 0 heterocycles. The molecule has 0 saturated heterocycles. The predicted molar refractivity (Wildman–Crippen MR) is 51.2 cm³/mol. The maximum Gasteiger partial charge on any atom is 0.246 e. The maximum atomic E-state index is 10.9. The Bertz CT molecular complexity index is 175. The fraction of sp³-hybridized carbons (Fsp3) is 0.667. The van der Waals surface area contributed by atoms with Crippen LogP contribution in [0.3, 0.4) is 0 Å². The minimum atomic E-state index is -0.172. The first-order valence-electron chi connectivity index (χ1n) is 4.30. The van der Waals surface area contributed by atoms with Crippen molar-refractivity contribution in [3.8, 4) is 12.3 Å². The van der Waals surface area contributed by atoms with E-state index in [1.54, 1.807) is 0 Å². The van der Waals surface area contributed by atoms with Gasteiger partial charge >= 0.3 is 0 Å². The van der Waals surface area contributed by atoms with Crippen molar-refractivity contribution in [1.82, 2.24) is 10.6 Å². The van der Waals surface area contributed by atoms with Crippen LogP contribution in [-0.4, -0.2) is 38.8 Å². The van der Waals surface area contributed by atoms with Crippen LogP contribution in [0.1, 0.15) is 6.92 Å². The zero-order valence-electron chi connectivity index (χ0n) is 7.93. The quantitative estimate of drug-likeness (QED) is 0.409. The van der Waals surface area contributed by atoms with Gasteiger partial charge in [0.25, 0.3) is 0 Å². The van der Waals surface area contributed by atoms with Crippen LogP contribution in [0.2, 0.25) is 0 Å². The highest BCUT2D eigenvalue weighted by Crippen LogP contribution is 1.74. The zero-order valence-corrected chi connectivity index (χ0v) is 7.93. The van der Waals surface area contributed by atoms with E-state index in [9.17, 15) is 4.79 Å². The highest BCUT2D eigenvalue weighted by molar-refractivity contribution is 5.77. The summed E-state index contributed by atoms with van der Waals surface area (Å²) in [6.45, 7) is 4.56. The molecule has 0 rings (SSSR count). The van der Waals surface area contributed by atoms with E-state index in [-0.39, 0.29) is 19.1 Å². The topological polar surface area (TPSA) is 50.4 Å². The molecule has 2 N–H and O–H groups in total. The number of amides is 1. The second-order valence-corrected chi connectivity index (χ2v) is 2.39. The summed E-state index contributed by atoms with van der Waals surface area (Å²) >= 11 is 0. The molecule has 0 aromatic rings. The Hall–Kier alpha value is -1.05. The summed E-state index contributed by atoms with van der Waals surface area (Å²) in [5, 5.41) is 5.58. The van der Waals surface area contributed by atoms with Gasteiger partial charge in [-0.3, -0.25) is 4.79 Å². The molecule has 0 spiro atoms. The summed E-state index contributed by atoms with van der Waals surface area (Å²) in [6.07, 6.45) is 4.96. The van der Waals surface area contributed by atoms with E-state index < -0.39 is 0 Å². The van der Waals surface area contributed by atoms with E-state index in [0.717, 1.165) is 13.1 Å². The van der Waals surface area contributed by atoms with Crippen molar-refractivity contribution in [3.05, 3.63) is 0 Å². The standard InChI is InChI=1S/C9H16N2O2/c1-3-5-11-9(12)8-13-7-6-10-4-2/h1,10H,4-8H2,2H3,(H,11,12). The molecule has 0 radical (unpaired) electrons. The van der Waals surface area contributed by atoms with Crippen LogP contribution < -0.4 is 10.6 Å². The third kappa shape index (κ3) is 8.86. The molecule has 0 aliphatic rings. The number of hydrogen-bond donors (Lipinski definition) is 2. The normalized spacial score (nSPS) is 9.23. The highest BCUT2D eigenvalue weighted by atomic mass is 16.5. The van der Waals surface area contributed by atoms with Gasteiger partial charge in [-0.1, -0.05) is 12.8 Å². The Kier molecular flexibility index (Phi) is 8.31. The van der Waals surface area contributed by atoms with Gasteiger partial charge in [-0.25, -0.2) is 0 Å². The Morgan fingerprint density at radius 1 is 1.62 bits per heavy atom. The van der Waals surface area contributed by atoms with E-state index in [0.29, 0.717) is 6.61 Å². The third-order valence-electron chi connectivity index (χ3n) is 1.29. The Balaban J connectivity index is 3.13. The van der Waals surface area contributed by atoms with Gasteiger partial charge in [0, 0.05) is 6.54 Å². The SMILES string of the molecule is C#CCNC(=O)COCCNCC. The van der Waals surface area contributed by atoms with Crippen LogP contribution in [0.5, 0.6) is 0 Å². The second kappa shape index (κ2) is 9.04. The summed E-state index contributed by atoms with van der Waals surface area (Å²) in [4.78, 5) is 10.9. The highest BCUT2D eigenvalue weighted by Gasteiger charge is 1.97. The van der Waals surface area contributed by atoms with E-state index in [4.69, 9.17) is 11.2 Å². The lowest BCUT2D eigenvalue weighted by molar-refractivity contribution is -0.125. The van der Waals surface area contributed by atoms with Gasteiger partial charge < -0.3 is 15.4 Å². The summed E-state index contributed by atoms with van der Waals surface area (Å²) in [7, 11) is 0. The molecule has 4 nitrogen and oxygen atoms in total. The average molecular weight is 184 g/mol. The van der Waals surface area contributed by atoms with Crippen molar-refractivity contribution in [3.63, 3.8) is 0 Å². The Labute approximate surface area is 79.0 Å². The lowest BCUT2D eigenvalue weighted by Crippen LogP contribution is -2.29. The molecule has 1 amide bonds. The fourth-order valence-electron chi connectivity index (χ4n) is 0.687. The van der Waals surface area contributed by atoms with E-state index >= 15 is 0 Å². The molecule has 0 aromatic heterocycles. The van der Waals surface area contributed by atoms with Gasteiger partial charge in [0.2, 0.25) is 5.91 Å². The number of terminal acetylenes is 1. The number of carbonyl (C=O) groups excluding carboxylic acids is 1. The zero-order chi connectivity index (χ0) is 9.94. The number of nitrogens with one attached hydrogen (secondary N) is 2. The lowest BCUT2D eigenvalue weighted by atomic mass is 10.5. The van der Waals surface area contributed by atoms with Crippen molar-refractivity contribution in [2.24, 2.45) is 0 Å². The van der Waals surface area contributed by atoms with Gasteiger partial charge in [-0.05, 0) is 6.54 Å². The van der Waals surface area contributed by atoms with Gasteiger partial charge in [0.05, 0.1) is 13.2 Å². The van der Waals surface area contributed by atoms with Crippen LogP contribution in [-0.2, 0) is 9.53 Å².